The highest BCUT2D eigenvalue weighted by Crippen LogP contribution is 2.30. The van der Waals surface area contributed by atoms with E-state index in [-0.39, 0.29) is 5.91 Å². The Bertz CT molecular complexity index is 613. The Kier molecular flexibility index (Phi) is 5.80. The third kappa shape index (κ3) is 3.78. The van der Waals surface area contributed by atoms with Crippen molar-refractivity contribution < 1.29 is 19.4 Å². The van der Waals surface area contributed by atoms with E-state index in [2.05, 4.69) is 5.32 Å². The number of hydrogen-bond acceptors (Lipinski definition) is 5. The molecular weight excluding hydrogens is 302 g/mol. The number of benzene rings is 1. The summed E-state index contributed by atoms with van der Waals surface area (Å²) in [5, 5.41) is 16.6. The number of methoxy groups -OCH3 is 2. The number of rotatable bonds is 7. The first-order valence-corrected chi connectivity index (χ1v) is 7.81. The number of aliphatic hydroxyl groups excluding tert-OH is 1. The molecule has 2 aromatic rings. The molecule has 0 aliphatic heterocycles. The van der Waals surface area contributed by atoms with Gasteiger partial charge in [-0.15, -0.1) is 0 Å². The molecule has 0 saturated carbocycles. The lowest BCUT2D eigenvalue weighted by Crippen LogP contribution is -2.26. The lowest BCUT2D eigenvalue weighted by atomic mass is 10.1. The minimum absolute atomic E-state index is 0.256. The van der Waals surface area contributed by atoms with Crippen molar-refractivity contribution >= 4 is 17.2 Å². The maximum absolute atomic E-state index is 12.2. The number of amides is 1. The Hall–Kier alpha value is -2.05. The standard InChI is InChI=1S/C16H19NO4S/c1-20-14-5-3-4-12(15(14)21-2)16(19)17-8-6-13(18)11-7-9-22-10-11/h3-5,7,9-10,13,18H,6,8H2,1-2H3,(H,17,19). The zero-order valence-corrected chi connectivity index (χ0v) is 13.4. The molecule has 6 heteroatoms. The van der Waals surface area contributed by atoms with Gasteiger partial charge in [-0.2, -0.15) is 11.3 Å². The van der Waals surface area contributed by atoms with Gasteiger partial charge in [-0.1, -0.05) is 6.07 Å². The van der Waals surface area contributed by atoms with Crippen LogP contribution in [0.4, 0.5) is 0 Å². The monoisotopic (exact) mass is 321 g/mol. The van der Waals surface area contributed by atoms with Gasteiger partial charge in [0.25, 0.3) is 5.91 Å². The van der Waals surface area contributed by atoms with Gasteiger partial charge in [-0.05, 0) is 40.9 Å². The molecule has 2 rings (SSSR count). The smallest absolute Gasteiger partial charge is 0.255 e. The zero-order chi connectivity index (χ0) is 15.9. The summed E-state index contributed by atoms with van der Waals surface area (Å²) in [6.45, 7) is 0.371. The van der Waals surface area contributed by atoms with Crippen LogP contribution in [0, 0.1) is 0 Å². The molecule has 0 bridgehead atoms. The van der Waals surface area contributed by atoms with E-state index in [1.54, 1.807) is 18.2 Å². The minimum atomic E-state index is -0.571. The van der Waals surface area contributed by atoms with Crippen LogP contribution in [-0.4, -0.2) is 31.8 Å². The molecule has 0 saturated heterocycles. The van der Waals surface area contributed by atoms with Crippen molar-refractivity contribution in [3.8, 4) is 11.5 Å². The SMILES string of the molecule is COc1cccc(C(=O)NCCC(O)c2ccsc2)c1OC. The van der Waals surface area contributed by atoms with Crippen molar-refractivity contribution in [3.05, 3.63) is 46.2 Å². The molecule has 1 heterocycles. The number of para-hydroxylation sites is 1. The quantitative estimate of drug-likeness (QED) is 0.822. The first kappa shape index (κ1) is 16.3. The fraction of sp³-hybridized carbons (Fsp3) is 0.312. The molecule has 0 spiro atoms. The third-order valence-corrected chi connectivity index (χ3v) is 3.98. The topological polar surface area (TPSA) is 67.8 Å². The zero-order valence-electron chi connectivity index (χ0n) is 12.5. The van der Waals surface area contributed by atoms with Gasteiger partial charge < -0.3 is 19.9 Å². The predicted octanol–water partition coefficient (Wildman–Crippen LogP) is 2.62. The summed E-state index contributed by atoms with van der Waals surface area (Å²) in [7, 11) is 3.02. The molecule has 1 aromatic carbocycles. The first-order valence-electron chi connectivity index (χ1n) is 6.86. The molecule has 118 valence electrons. The number of ether oxygens (including phenoxy) is 2. The second-order valence-electron chi connectivity index (χ2n) is 4.66. The fourth-order valence-electron chi connectivity index (χ4n) is 2.11. The van der Waals surface area contributed by atoms with Crippen LogP contribution in [-0.2, 0) is 0 Å². The van der Waals surface area contributed by atoms with E-state index in [0.29, 0.717) is 30.0 Å². The Morgan fingerprint density at radius 3 is 2.77 bits per heavy atom. The van der Waals surface area contributed by atoms with Crippen LogP contribution >= 0.6 is 11.3 Å². The Morgan fingerprint density at radius 1 is 1.32 bits per heavy atom. The van der Waals surface area contributed by atoms with E-state index in [9.17, 15) is 9.90 Å². The molecule has 0 fully saturated rings. The molecule has 0 radical (unpaired) electrons. The van der Waals surface area contributed by atoms with Crippen LogP contribution in [0.15, 0.2) is 35.0 Å². The maximum atomic E-state index is 12.2. The Balaban J connectivity index is 1.95. The van der Waals surface area contributed by atoms with Crippen LogP contribution in [0.5, 0.6) is 11.5 Å². The normalized spacial score (nSPS) is 11.8. The highest BCUT2D eigenvalue weighted by molar-refractivity contribution is 7.07. The maximum Gasteiger partial charge on any atom is 0.255 e. The summed E-state index contributed by atoms with van der Waals surface area (Å²) < 4.78 is 10.4. The van der Waals surface area contributed by atoms with Crippen molar-refractivity contribution in [2.75, 3.05) is 20.8 Å². The molecule has 2 N–H and O–H groups in total. The lowest BCUT2D eigenvalue weighted by molar-refractivity contribution is 0.0939. The van der Waals surface area contributed by atoms with Gasteiger partial charge in [-0.3, -0.25) is 4.79 Å². The van der Waals surface area contributed by atoms with Crippen LogP contribution in [0.3, 0.4) is 0 Å². The number of nitrogens with one attached hydrogen (secondary N) is 1. The highest BCUT2D eigenvalue weighted by atomic mass is 32.1. The molecule has 1 amide bonds. The molecule has 5 nitrogen and oxygen atoms in total. The summed E-state index contributed by atoms with van der Waals surface area (Å²) >= 11 is 1.54. The fourth-order valence-corrected chi connectivity index (χ4v) is 2.82. The number of aliphatic hydroxyl groups is 1. The van der Waals surface area contributed by atoms with Crippen LogP contribution in [0.1, 0.15) is 28.4 Å². The second kappa shape index (κ2) is 7.82. The lowest BCUT2D eigenvalue weighted by Gasteiger charge is -2.13. The largest absolute Gasteiger partial charge is 0.493 e. The van der Waals surface area contributed by atoms with E-state index in [1.165, 1.54) is 25.6 Å². The Morgan fingerprint density at radius 2 is 2.14 bits per heavy atom. The first-order chi connectivity index (χ1) is 10.7. The van der Waals surface area contributed by atoms with Crippen molar-refractivity contribution in [2.24, 2.45) is 0 Å². The van der Waals surface area contributed by atoms with E-state index in [1.807, 2.05) is 16.8 Å². The molecule has 22 heavy (non-hydrogen) atoms. The summed E-state index contributed by atoms with van der Waals surface area (Å²) in [5.41, 5.74) is 1.28. The molecule has 0 aliphatic rings. The average Bonchev–Trinajstić information content (AvgIpc) is 3.08. The second-order valence-corrected chi connectivity index (χ2v) is 5.44. The van der Waals surface area contributed by atoms with E-state index in [0.717, 1.165) is 5.56 Å². The number of carbonyl (C=O) groups excluding carboxylic acids is 1. The summed E-state index contributed by atoms with van der Waals surface area (Å²) in [6, 6.07) is 7.01. The van der Waals surface area contributed by atoms with Gasteiger partial charge in [-0.25, -0.2) is 0 Å². The van der Waals surface area contributed by atoms with Gasteiger partial charge in [0.2, 0.25) is 0 Å². The average molecular weight is 321 g/mol. The van der Waals surface area contributed by atoms with Crippen LogP contribution < -0.4 is 14.8 Å². The summed E-state index contributed by atoms with van der Waals surface area (Å²) in [4.78, 5) is 12.2. The van der Waals surface area contributed by atoms with E-state index < -0.39 is 6.10 Å². The minimum Gasteiger partial charge on any atom is -0.493 e. The van der Waals surface area contributed by atoms with Crippen molar-refractivity contribution in [1.82, 2.24) is 5.32 Å². The van der Waals surface area contributed by atoms with Gasteiger partial charge >= 0.3 is 0 Å². The number of hydrogen-bond donors (Lipinski definition) is 2. The summed E-state index contributed by atoms with van der Waals surface area (Å²) in [5.74, 6) is 0.655. The van der Waals surface area contributed by atoms with E-state index in [4.69, 9.17) is 9.47 Å². The van der Waals surface area contributed by atoms with Crippen LogP contribution in [0.2, 0.25) is 0 Å². The van der Waals surface area contributed by atoms with Crippen LogP contribution in [0.25, 0.3) is 0 Å². The molecule has 0 aliphatic carbocycles. The van der Waals surface area contributed by atoms with Crippen molar-refractivity contribution in [2.45, 2.75) is 12.5 Å². The van der Waals surface area contributed by atoms with Gasteiger partial charge in [0.15, 0.2) is 11.5 Å². The van der Waals surface area contributed by atoms with Crippen molar-refractivity contribution in [3.63, 3.8) is 0 Å². The van der Waals surface area contributed by atoms with E-state index >= 15 is 0 Å². The molecule has 1 atom stereocenters. The highest BCUT2D eigenvalue weighted by Gasteiger charge is 2.16. The van der Waals surface area contributed by atoms with Gasteiger partial charge in [0.05, 0.1) is 25.9 Å². The number of thiophene rings is 1. The third-order valence-electron chi connectivity index (χ3n) is 3.28. The van der Waals surface area contributed by atoms with Crippen molar-refractivity contribution in [1.29, 1.82) is 0 Å². The Labute approximate surface area is 133 Å². The number of carbonyl (C=O) groups is 1. The predicted molar refractivity (Wildman–Crippen MR) is 85.8 cm³/mol. The molecular formula is C16H19NO4S. The summed E-state index contributed by atoms with van der Waals surface area (Å²) in [6.07, 6.45) is -0.117. The molecule has 1 unspecified atom stereocenters. The van der Waals surface area contributed by atoms with Gasteiger partial charge in [0.1, 0.15) is 0 Å². The van der Waals surface area contributed by atoms with Gasteiger partial charge in [0, 0.05) is 6.54 Å². The molecule has 1 aromatic heterocycles.